The standard InChI is InChI=1S/C21H26N4O2S/c1-12(15-8-19(26)22-9-15)27-18-7-14(6-17-20(18)28-13(2)24-17)16-10-23-25(11-16)21(3,4)5/h6-7,10-12,15H,8-9H2,1-5H3,(H,22,26)/t12-,15-/m0/s1. The Labute approximate surface area is 168 Å². The van der Waals surface area contributed by atoms with E-state index < -0.39 is 0 Å². The van der Waals surface area contributed by atoms with E-state index >= 15 is 0 Å². The van der Waals surface area contributed by atoms with Gasteiger partial charge in [-0.15, -0.1) is 11.3 Å². The summed E-state index contributed by atoms with van der Waals surface area (Å²) in [6.45, 7) is 11.1. The van der Waals surface area contributed by atoms with E-state index in [2.05, 4.69) is 54.5 Å². The second-order valence-electron chi connectivity index (χ2n) is 8.49. The number of benzene rings is 1. The van der Waals surface area contributed by atoms with Gasteiger partial charge in [-0.1, -0.05) is 0 Å². The van der Waals surface area contributed by atoms with Gasteiger partial charge in [-0.25, -0.2) is 4.98 Å². The largest absolute Gasteiger partial charge is 0.489 e. The first-order chi connectivity index (χ1) is 13.2. The van der Waals surface area contributed by atoms with Crippen molar-refractivity contribution in [3.63, 3.8) is 0 Å². The van der Waals surface area contributed by atoms with Crippen molar-refractivity contribution in [3.05, 3.63) is 29.5 Å². The fraction of sp³-hybridized carbons (Fsp3) is 0.476. The van der Waals surface area contributed by atoms with Crippen LogP contribution in [0.4, 0.5) is 0 Å². The number of ether oxygens (including phenoxy) is 1. The highest BCUT2D eigenvalue weighted by atomic mass is 32.1. The molecule has 0 spiro atoms. The molecule has 7 heteroatoms. The molecule has 2 aromatic heterocycles. The molecule has 0 unspecified atom stereocenters. The van der Waals surface area contributed by atoms with E-state index in [1.807, 2.05) is 24.7 Å². The summed E-state index contributed by atoms with van der Waals surface area (Å²) in [7, 11) is 0. The predicted molar refractivity (Wildman–Crippen MR) is 112 cm³/mol. The summed E-state index contributed by atoms with van der Waals surface area (Å²) in [5.74, 6) is 1.11. The van der Waals surface area contributed by atoms with Crippen LogP contribution in [0, 0.1) is 12.8 Å². The number of aryl methyl sites for hydroxylation is 1. The Balaban J connectivity index is 1.71. The van der Waals surface area contributed by atoms with Crippen LogP contribution in [0.25, 0.3) is 21.3 Å². The van der Waals surface area contributed by atoms with Crippen molar-refractivity contribution in [1.82, 2.24) is 20.1 Å². The van der Waals surface area contributed by atoms with Gasteiger partial charge in [0.2, 0.25) is 5.91 Å². The van der Waals surface area contributed by atoms with Gasteiger partial charge in [0.05, 0.1) is 27.0 Å². The molecule has 0 saturated carbocycles. The molecule has 1 aromatic carbocycles. The lowest BCUT2D eigenvalue weighted by Crippen LogP contribution is -2.25. The van der Waals surface area contributed by atoms with Gasteiger partial charge in [-0.05, 0) is 52.3 Å². The molecule has 3 aromatic rings. The van der Waals surface area contributed by atoms with Crippen molar-refractivity contribution in [1.29, 1.82) is 0 Å². The maximum absolute atomic E-state index is 11.6. The first kappa shape index (κ1) is 18.9. The Kier molecular flexibility index (Phi) is 4.65. The minimum Gasteiger partial charge on any atom is -0.489 e. The van der Waals surface area contributed by atoms with Gasteiger partial charge in [0.1, 0.15) is 11.9 Å². The zero-order valence-electron chi connectivity index (χ0n) is 16.9. The zero-order chi connectivity index (χ0) is 20.1. The van der Waals surface area contributed by atoms with Crippen LogP contribution in [0.15, 0.2) is 24.5 Å². The number of hydrogen-bond acceptors (Lipinski definition) is 5. The predicted octanol–water partition coefficient (Wildman–Crippen LogP) is 4.13. The van der Waals surface area contributed by atoms with Crippen LogP contribution < -0.4 is 10.1 Å². The van der Waals surface area contributed by atoms with Crippen LogP contribution in [0.3, 0.4) is 0 Å². The molecule has 1 N–H and O–H groups in total. The molecular formula is C21H26N4O2S. The van der Waals surface area contributed by atoms with E-state index in [9.17, 15) is 4.79 Å². The third-order valence-electron chi connectivity index (χ3n) is 5.15. The van der Waals surface area contributed by atoms with Crippen molar-refractivity contribution in [2.45, 2.75) is 52.7 Å². The molecule has 1 saturated heterocycles. The van der Waals surface area contributed by atoms with Crippen molar-refractivity contribution in [2.75, 3.05) is 6.54 Å². The van der Waals surface area contributed by atoms with Crippen molar-refractivity contribution in [2.24, 2.45) is 5.92 Å². The minimum atomic E-state index is -0.0740. The first-order valence-electron chi connectivity index (χ1n) is 9.61. The second kappa shape index (κ2) is 6.88. The molecule has 0 bridgehead atoms. The van der Waals surface area contributed by atoms with Gasteiger partial charge >= 0.3 is 0 Å². The maximum Gasteiger partial charge on any atom is 0.220 e. The molecule has 28 heavy (non-hydrogen) atoms. The molecule has 1 aliphatic rings. The van der Waals surface area contributed by atoms with Crippen LogP contribution >= 0.6 is 11.3 Å². The molecule has 6 nitrogen and oxygen atoms in total. The van der Waals surface area contributed by atoms with E-state index in [0.29, 0.717) is 13.0 Å². The lowest BCUT2D eigenvalue weighted by atomic mass is 10.0. The van der Waals surface area contributed by atoms with Crippen LogP contribution in [0.1, 0.15) is 39.1 Å². The Morgan fingerprint density at radius 2 is 2.11 bits per heavy atom. The van der Waals surface area contributed by atoms with Crippen LogP contribution in [-0.2, 0) is 10.3 Å². The van der Waals surface area contributed by atoms with E-state index in [1.165, 1.54) is 0 Å². The molecule has 1 amide bonds. The van der Waals surface area contributed by atoms with Crippen molar-refractivity contribution >= 4 is 27.5 Å². The monoisotopic (exact) mass is 398 g/mol. The van der Waals surface area contributed by atoms with Gasteiger partial charge in [0.15, 0.2) is 0 Å². The van der Waals surface area contributed by atoms with Gasteiger partial charge in [-0.3, -0.25) is 9.48 Å². The smallest absolute Gasteiger partial charge is 0.220 e. The summed E-state index contributed by atoms with van der Waals surface area (Å²) in [5, 5.41) is 8.42. The SMILES string of the molecule is Cc1nc2cc(-c3cnn(C(C)(C)C)c3)cc(O[C@@H](C)[C@@H]3CNC(=O)C3)c2s1. The first-order valence-corrected chi connectivity index (χ1v) is 10.4. The van der Waals surface area contributed by atoms with E-state index in [-0.39, 0.29) is 23.5 Å². The van der Waals surface area contributed by atoms with E-state index in [1.54, 1.807) is 11.3 Å². The van der Waals surface area contributed by atoms with Crippen molar-refractivity contribution in [3.8, 4) is 16.9 Å². The highest BCUT2D eigenvalue weighted by Gasteiger charge is 2.28. The van der Waals surface area contributed by atoms with Gasteiger partial charge < -0.3 is 10.1 Å². The highest BCUT2D eigenvalue weighted by Crippen LogP contribution is 2.37. The summed E-state index contributed by atoms with van der Waals surface area (Å²) in [6, 6.07) is 4.17. The molecule has 1 fully saturated rings. The number of amides is 1. The van der Waals surface area contributed by atoms with Gasteiger partial charge in [-0.2, -0.15) is 5.10 Å². The molecule has 3 heterocycles. The fourth-order valence-electron chi connectivity index (χ4n) is 3.46. The molecule has 2 atom stereocenters. The maximum atomic E-state index is 11.6. The summed E-state index contributed by atoms with van der Waals surface area (Å²) >= 11 is 1.64. The Hall–Kier alpha value is -2.41. The number of rotatable bonds is 4. The Morgan fingerprint density at radius 1 is 1.32 bits per heavy atom. The van der Waals surface area contributed by atoms with E-state index in [0.717, 1.165) is 32.1 Å². The van der Waals surface area contributed by atoms with Crippen LogP contribution in [0.5, 0.6) is 5.75 Å². The third kappa shape index (κ3) is 3.63. The van der Waals surface area contributed by atoms with Crippen LogP contribution in [-0.4, -0.2) is 33.3 Å². The summed E-state index contributed by atoms with van der Waals surface area (Å²) < 4.78 is 9.38. The second-order valence-corrected chi connectivity index (χ2v) is 9.69. The summed E-state index contributed by atoms with van der Waals surface area (Å²) in [6.07, 6.45) is 4.41. The summed E-state index contributed by atoms with van der Waals surface area (Å²) in [4.78, 5) is 16.2. The van der Waals surface area contributed by atoms with Gasteiger partial charge in [0.25, 0.3) is 0 Å². The number of nitrogens with one attached hydrogen (secondary N) is 1. The molecule has 0 aliphatic carbocycles. The number of nitrogens with zero attached hydrogens (tertiary/aromatic N) is 3. The molecule has 0 radical (unpaired) electrons. The van der Waals surface area contributed by atoms with Gasteiger partial charge in [0, 0.05) is 30.6 Å². The molecule has 148 valence electrons. The Morgan fingerprint density at radius 3 is 2.75 bits per heavy atom. The molecular weight excluding hydrogens is 372 g/mol. The lowest BCUT2D eigenvalue weighted by molar-refractivity contribution is -0.119. The average molecular weight is 399 g/mol. The van der Waals surface area contributed by atoms with E-state index in [4.69, 9.17) is 4.74 Å². The highest BCUT2D eigenvalue weighted by molar-refractivity contribution is 7.18. The fourth-order valence-corrected chi connectivity index (χ4v) is 4.32. The molecule has 4 rings (SSSR count). The zero-order valence-corrected chi connectivity index (χ0v) is 17.8. The third-order valence-corrected chi connectivity index (χ3v) is 6.15. The topological polar surface area (TPSA) is 69.0 Å². The molecule has 1 aliphatic heterocycles. The lowest BCUT2D eigenvalue weighted by Gasteiger charge is -2.20. The number of thiazole rings is 1. The number of fused-ring (bicyclic) bond motifs is 1. The minimum absolute atomic E-state index is 0.0582. The number of carbonyl (C=O) groups excluding carboxylic acids is 1. The quantitative estimate of drug-likeness (QED) is 0.718. The Bertz CT molecular complexity index is 1030. The average Bonchev–Trinajstić information content (AvgIpc) is 3.32. The number of hydrogen-bond donors (Lipinski definition) is 1. The number of aromatic nitrogens is 3. The van der Waals surface area contributed by atoms with Crippen LogP contribution in [0.2, 0.25) is 0 Å². The summed E-state index contributed by atoms with van der Waals surface area (Å²) in [5.41, 5.74) is 2.94. The number of carbonyl (C=O) groups is 1. The normalized spacial score (nSPS) is 18.5. The van der Waals surface area contributed by atoms with Crippen molar-refractivity contribution < 1.29 is 9.53 Å².